The van der Waals surface area contributed by atoms with Crippen molar-refractivity contribution in [3.8, 4) is 0 Å². The van der Waals surface area contributed by atoms with Crippen LogP contribution >= 0.6 is 12.2 Å². The molecule has 2 aliphatic rings. The highest BCUT2D eigenvalue weighted by atomic mass is 32.1. The summed E-state index contributed by atoms with van der Waals surface area (Å²) in [5.41, 5.74) is 3.38. The highest BCUT2D eigenvalue weighted by molar-refractivity contribution is 7.71. The zero-order valence-corrected chi connectivity index (χ0v) is 18.7. The van der Waals surface area contributed by atoms with Gasteiger partial charge in [0.1, 0.15) is 0 Å². The Labute approximate surface area is 192 Å². The van der Waals surface area contributed by atoms with Crippen molar-refractivity contribution in [3.63, 3.8) is 0 Å². The van der Waals surface area contributed by atoms with E-state index in [1.165, 1.54) is 24.8 Å². The Morgan fingerprint density at radius 3 is 2.53 bits per heavy atom. The Balaban J connectivity index is 1.44. The van der Waals surface area contributed by atoms with E-state index in [4.69, 9.17) is 17.3 Å². The number of hydrogen-bond donors (Lipinski definition) is 1. The van der Waals surface area contributed by atoms with Crippen molar-refractivity contribution in [1.29, 1.82) is 0 Å². The molecule has 5 rings (SSSR count). The van der Waals surface area contributed by atoms with E-state index in [9.17, 15) is 4.79 Å². The number of carbonyl (C=O) groups excluding carboxylic acids is 1. The van der Waals surface area contributed by atoms with Gasteiger partial charge in [-0.15, -0.1) is 0 Å². The fourth-order valence-electron chi connectivity index (χ4n) is 4.39. The summed E-state index contributed by atoms with van der Waals surface area (Å²) in [6.45, 7) is 2.64. The lowest BCUT2D eigenvalue weighted by Gasteiger charge is -2.30. The van der Waals surface area contributed by atoms with Gasteiger partial charge in [-0.1, -0.05) is 55.0 Å². The van der Waals surface area contributed by atoms with Crippen LogP contribution in [0.1, 0.15) is 36.2 Å². The monoisotopic (exact) mass is 446 g/mol. The van der Waals surface area contributed by atoms with Gasteiger partial charge in [0.05, 0.1) is 12.4 Å². The third-order valence-electron chi connectivity index (χ3n) is 6.09. The number of aryl methyl sites for hydroxylation is 2. The molecular weight excluding hydrogens is 420 g/mol. The molecule has 3 heterocycles. The summed E-state index contributed by atoms with van der Waals surface area (Å²) in [5, 5.41) is 11.9. The molecule has 0 saturated carbocycles. The molecule has 2 aromatic carbocycles. The molecule has 0 bridgehead atoms. The molecule has 1 amide bonds. The number of nitrogens with one attached hydrogen (secondary N) is 1. The first-order chi connectivity index (χ1) is 15.7. The van der Waals surface area contributed by atoms with E-state index in [0.29, 0.717) is 29.4 Å². The van der Waals surface area contributed by atoms with E-state index in [0.717, 1.165) is 30.8 Å². The lowest BCUT2D eigenvalue weighted by molar-refractivity contribution is -0.112. The van der Waals surface area contributed by atoms with Gasteiger partial charge in [-0.2, -0.15) is 14.9 Å². The number of amides is 1. The van der Waals surface area contributed by atoms with Gasteiger partial charge in [0, 0.05) is 12.0 Å². The minimum atomic E-state index is -0.0890. The maximum Gasteiger partial charge on any atom is 0.280 e. The topological polar surface area (TPSA) is 69.5 Å². The zero-order chi connectivity index (χ0) is 21.9. The number of anilines is 1. The van der Waals surface area contributed by atoms with E-state index < -0.39 is 0 Å². The quantitative estimate of drug-likeness (QED) is 0.585. The molecule has 7 nitrogen and oxygen atoms in total. The highest BCUT2D eigenvalue weighted by Gasteiger charge is 2.35. The number of para-hydroxylation sites is 1. The van der Waals surface area contributed by atoms with E-state index >= 15 is 0 Å². The molecule has 0 radical (unpaired) electrons. The smallest absolute Gasteiger partial charge is 0.280 e. The molecule has 2 aliphatic heterocycles. The van der Waals surface area contributed by atoms with Crippen molar-refractivity contribution in [2.75, 3.05) is 24.7 Å². The van der Waals surface area contributed by atoms with Crippen LogP contribution in [-0.2, 0) is 17.6 Å². The molecule has 1 saturated heterocycles. The van der Waals surface area contributed by atoms with Crippen molar-refractivity contribution in [2.45, 2.75) is 32.1 Å². The second-order valence-electron chi connectivity index (χ2n) is 8.26. The van der Waals surface area contributed by atoms with E-state index in [2.05, 4.69) is 27.2 Å². The average Bonchev–Trinajstić information content (AvgIpc) is 3.31. The number of piperidine rings is 1. The standard InChI is InChI=1S/C24H26N6OS/c31-23-22(19-11-5-6-12-20(19)29(23)17-28-15-7-2-8-16-28)27-30-21(25-26-24(30)32)14-13-18-9-3-1-4-10-18/h1,3-6,9-12H,2,7-8,13-17H2,(H,26,32)/b27-22-. The SMILES string of the molecule is O=C1/C(=N\n2c(CCc3ccccc3)n[nH]c2=S)c2ccccc2N1CN1CCCCC1. The first-order valence-corrected chi connectivity index (χ1v) is 11.5. The van der Waals surface area contributed by atoms with Crippen molar-refractivity contribution in [3.05, 3.63) is 76.3 Å². The molecular formula is C24H26N6OS. The van der Waals surface area contributed by atoms with Crippen LogP contribution in [0.25, 0.3) is 0 Å². The minimum absolute atomic E-state index is 0.0890. The Morgan fingerprint density at radius 1 is 0.969 bits per heavy atom. The Kier molecular flexibility index (Phi) is 5.96. The van der Waals surface area contributed by atoms with E-state index in [-0.39, 0.29) is 5.91 Å². The molecule has 0 atom stereocenters. The number of fused-ring (bicyclic) bond motifs is 1. The molecule has 1 fully saturated rings. The third-order valence-corrected chi connectivity index (χ3v) is 6.35. The number of nitrogens with zero attached hydrogens (tertiary/aromatic N) is 5. The van der Waals surface area contributed by atoms with Crippen LogP contribution in [-0.4, -0.2) is 51.2 Å². The molecule has 1 aromatic heterocycles. The highest BCUT2D eigenvalue weighted by Crippen LogP contribution is 2.30. The molecule has 8 heteroatoms. The maximum absolute atomic E-state index is 13.5. The molecule has 0 aliphatic carbocycles. The molecule has 164 valence electrons. The average molecular weight is 447 g/mol. The van der Waals surface area contributed by atoms with Gasteiger partial charge in [-0.3, -0.25) is 19.7 Å². The Hall–Kier alpha value is -3.10. The summed E-state index contributed by atoms with van der Waals surface area (Å²) in [6, 6.07) is 18.1. The fraction of sp³-hybridized carbons (Fsp3) is 0.333. The number of likely N-dealkylation sites (tertiary alicyclic amines) is 1. The van der Waals surface area contributed by atoms with Crippen LogP contribution in [0.15, 0.2) is 59.7 Å². The zero-order valence-electron chi connectivity index (χ0n) is 17.9. The van der Waals surface area contributed by atoms with Gasteiger partial charge in [0.15, 0.2) is 11.5 Å². The lowest BCUT2D eigenvalue weighted by atomic mass is 10.1. The van der Waals surface area contributed by atoms with Gasteiger partial charge in [-0.25, -0.2) is 0 Å². The molecule has 3 aromatic rings. The number of aromatic nitrogens is 3. The molecule has 0 unspecified atom stereocenters. The van der Waals surface area contributed by atoms with E-state index in [1.54, 1.807) is 4.68 Å². The van der Waals surface area contributed by atoms with Crippen molar-refractivity contribution >= 4 is 29.5 Å². The number of hydrogen-bond acceptors (Lipinski definition) is 5. The predicted octanol–water partition coefficient (Wildman–Crippen LogP) is 3.77. The summed E-state index contributed by atoms with van der Waals surface area (Å²) in [7, 11) is 0. The number of benzene rings is 2. The number of rotatable bonds is 6. The van der Waals surface area contributed by atoms with Crippen LogP contribution in [0.4, 0.5) is 5.69 Å². The number of aromatic amines is 1. The first-order valence-electron chi connectivity index (χ1n) is 11.1. The third kappa shape index (κ3) is 4.16. The number of carbonyl (C=O) groups is 1. The van der Waals surface area contributed by atoms with Crippen molar-refractivity contribution in [2.24, 2.45) is 5.10 Å². The fourth-order valence-corrected chi connectivity index (χ4v) is 4.58. The summed E-state index contributed by atoms with van der Waals surface area (Å²) < 4.78 is 1.99. The Bertz CT molecular complexity index is 1190. The van der Waals surface area contributed by atoms with Crippen molar-refractivity contribution < 1.29 is 4.79 Å². The van der Waals surface area contributed by atoms with Gasteiger partial charge < -0.3 is 0 Å². The van der Waals surface area contributed by atoms with Crippen LogP contribution < -0.4 is 4.90 Å². The predicted molar refractivity (Wildman–Crippen MR) is 127 cm³/mol. The van der Waals surface area contributed by atoms with E-state index in [1.807, 2.05) is 47.4 Å². The van der Waals surface area contributed by atoms with Crippen LogP contribution in [0.3, 0.4) is 0 Å². The lowest BCUT2D eigenvalue weighted by Crippen LogP contribution is -2.43. The second-order valence-corrected chi connectivity index (χ2v) is 8.65. The summed E-state index contributed by atoms with van der Waals surface area (Å²) in [4.78, 5) is 17.6. The van der Waals surface area contributed by atoms with Gasteiger partial charge in [-0.05, 0) is 56.2 Å². The first kappa shape index (κ1) is 20.8. The second kappa shape index (κ2) is 9.18. The van der Waals surface area contributed by atoms with Crippen LogP contribution in [0.5, 0.6) is 0 Å². The summed E-state index contributed by atoms with van der Waals surface area (Å²) >= 11 is 5.44. The van der Waals surface area contributed by atoms with Gasteiger partial charge in [0.25, 0.3) is 5.91 Å². The Morgan fingerprint density at radius 2 is 1.72 bits per heavy atom. The van der Waals surface area contributed by atoms with Gasteiger partial charge >= 0.3 is 0 Å². The van der Waals surface area contributed by atoms with Crippen LogP contribution in [0.2, 0.25) is 0 Å². The number of H-pyrrole nitrogens is 1. The molecule has 32 heavy (non-hydrogen) atoms. The van der Waals surface area contributed by atoms with Gasteiger partial charge in [0.2, 0.25) is 4.77 Å². The van der Waals surface area contributed by atoms with Crippen molar-refractivity contribution in [1.82, 2.24) is 19.8 Å². The normalized spacial score (nSPS) is 17.8. The van der Waals surface area contributed by atoms with Crippen LogP contribution in [0, 0.1) is 4.77 Å². The summed E-state index contributed by atoms with van der Waals surface area (Å²) in [5.74, 6) is 0.625. The summed E-state index contributed by atoms with van der Waals surface area (Å²) in [6.07, 6.45) is 5.11. The molecule has 0 spiro atoms. The maximum atomic E-state index is 13.5. The molecule has 1 N–H and O–H groups in total. The minimum Gasteiger partial charge on any atom is -0.293 e. The largest absolute Gasteiger partial charge is 0.293 e.